The smallest absolute Gasteiger partial charge is 0.410 e. The topological polar surface area (TPSA) is 44.8 Å². The minimum atomic E-state index is -0.494. The van der Waals surface area contributed by atoms with E-state index in [-0.39, 0.29) is 18.0 Å². The van der Waals surface area contributed by atoms with E-state index in [1.807, 2.05) is 39.8 Å². The summed E-state index contributed by atoms with van der Waals surface area (Å²) < 4.78 is 19.6. The van der Waals surface area contributed by atoms with Crippen LogP contribution in [0.1, 0.15) is 33.3 Å². The van der Waals surface area contributed by atoms with Gasteiger partial charge in [0.25, 0.3) is 0 Å². The van der Waals surface area contributed by atoms with E-state index in [2.05, 4.69) is 10.2 Å². The Labute approximate surface area is 143 Å². The number of carbonyl (C=O) groups excluding carboxylic acids is 1. The number of anilines is 1. The van der Waals surface area contributed by atoms with Gasteiger partial charge in [0.05, 0.1) is 0 Å². The predicted octanol–water partition coefficient (Wildman–Crippen LogP) is 3.31. The third-order valence-corrected chi connectivity index (χ3v) is 4.08. The Morgan fingerprint density at radius 1 is 1.38 bits per heavy atom. The molecular formula is C18H28FN3O2. The lowest BCUT2D eigenvalue weighted by molar-refractivity contribution is 0.000441. The van der Waals surface area contributed by atoms with Crippen LogP contribution in [0.25, 0.3) is 0 Å². The molecule has 2 rings (SSSR count). The summed E-state index contributed by atoms with van der Waals surface area (Å²) in [5.74, 6) is -0.205. The van der Waals surface area contributed by atoms with Crippen molar-refractivity contribution in [3.63, 3.8) is 0 Å². The Balaban J connectivity index is 1.95. The number of nitrogens with zero attached hydrogens (tertiary/aromatic N) is 2. The van der Waals surface area contributed by atoms with Crippen molar-refractivity contribution in [3.8, 4) is 0 Å². The number of rotatable bonds is 3. The molecule has 0 bridgehead atoms. The molecule has 5 nitrogen and oxygen atoms in total. The third kappa shape index (κ3) is 4.84. The molecule has 134 valence electrons. The predicted molar refractivity (Wildman–Crippen MR) is 93.6 cm³/mol. The van der Waals surface area contributed by atoms with Crippen molar-refractivity contribution in [3.05, 3.63) is 29.6 Å². The van der Waals surface area contributed by atoms with Gasteiger partial charge in [0, 0.05) is 50.5 Å². The van der Waals surface area contributed by atoms with Crippen LogP contribution in [0.2, 0.25) is 0 Å². The summed E-state index contributed by atoms with van der Waals surface area (Å²) in [6.07, 6.45) is -0.279. The fraction of sp³-hybridized carbons (Fsp3) is 0.611. The number of benzene rings is 1. The highest BCUT2D eigenvalue weighted by molar-refractivity contribution is 5.68. The number of ether oxygens (including phenoxy) is 1. The maximum atomic E-state index is 14.1. The Morgan fingerprint density at radius 3 is 2.62 bits per heavy atom. The zero-order valence-corrected chi connectivity index (χ0v) is 15.2. The average Bonchev–Trinajstić information content (AvgIpc) is 2.47. The van der Waals surface area contributed by atoms with E-state index in [1.165, 1.54) is 6.07 Å². The van der Waals surface area contributed by atoms with E-state index in [0.29, 0.717) is 31.7 Å². The van der Waals surface area contributed by atoms with Crippen LogP contribution in [0, 0.1) is 5.82 Å². The molecule has 0 aromatic heterocycles. The lowest BCUT2D eigenvalue weighted by Crippen LogP contribution is -2.54. The van der Waals surface area contributed by atoms with Gasteiger partial charge >= 0.3 is 6.09 Å². The van der Waals surface area contributed by atoms with Crippen LogP contribution in [0.4, 0.5) is 14.9 Å². The second kappa shape index (κ2) is 7.38. The van der Waals surface area contributed by atoms with Crippen LogP contribution in [-0.2, 0) is 11.3 Å². The van der Waals surface area contributed by atoms with Crippen molar-refractivity contribution in [2.24, 2.45) is 0 Å². The Hall–Kier alpha value is -1.82. The molecule has 1 aliphatic heterocycles. The first-order valence-electron chi connectivity index (χ1n) is 8.38. The van der Waals surface area contributed by atoms with Crippen molar-refractivity contribution in [2.75, 3.05) is 32.0 Å². The molecule has 1 fully saturated rings. The first kappa shape index (κ1) is 18.5. The fourth-order valence-corrected chi connectivity index (χ4v) is 2.84. The normalized spacial score (nSPS) is 19.2. The van der Waals surface area contributed by atoms with Crippen molar-refractivity contribution in [1.29, 1.82) is 0 Å². The molecule has 0 radical (unpaired) electrons. The molecule has 1 aliphatic rings. The maximum Gasteiger partial charge on any atom is 0.410 e. The molecule has 1 aromatic rings. The van der Waals surface area contributed by atoms with Crippen LogP contribution >= 0.6 is 0 Å². The van der Waals surface area contributed by atoms with Gasteiger partial charge in [-0.2, -0.15) is 0 Å². The van der Waals surface area contributed by atoms with Crippen LogP contribution in [-0.4, -0.2) is 54.2 Å². The van der Waals surface area contributed by atoms with Crippen molar-refractivity contribution < 1.29 is 13.9 Å². The van der Waals surface area contributed by atoms with Gasteiger partial charge in [-0.3, -0.25) is 4.90 Å². The number of amides is 1. The molecule has 24 heavy (non-hydrogen) atoms. The monoisotopic (exact) mass is 337 g/mol. The molecule has 1 aromatic carbocycles. The molecular weight excluding hydrogens is 309 g/mol. The summed E-state index contributed by atoms with van der Waals surface area (Å²) in [5.41, 5.74) is 0.942. The molecule has 0 unspecified atom stereocenters. The molecule has 1 saturated heterocycles. The number of piperazine rings is 1. The standard InChI is InChI=1S/C18H28FN3O2/c1-13-11-21(8-9-22(13)17(23)24-18(2,3)4)12-14-6-7-15(20-5)10-16(14)19/h6-7,10,13,20H,8-9,11-12H2,1-5H3/t13-/m0/s1. The zero-order valence-electron chi connectivity index (χ0n) is 15.2. The number of halogens is 1. The lowest BCUT2D eigenvalue weighted by Gasteiger charge is -2.40. The molecule has 1 N–H and O–H groups in total. The maximum absolute atomic E-state index is 14.1. The van der Waals surface area contributed by atoms with Gasteiger partial charge in [-0.15, -0.1) is 0 Å². The van der Waals surface area contributed by atoms with Gasteiger partial charge in [0.2, 0.25) is 0 Å². The lowest BCUT2D eigenvalue weighted by atomic mass is 10.1. The number of hydrogen-bond acceptors (Lipinski definition) is 4. The second-order valence-electron chi connectivity index (χ2n) is 7.31. The quantitative estimate of drug-likeness (QED) is 0.919. The van der Waals surface area contributed by atoms with Crippen LogP contribution in [0.5, 0.6) is 0 Å². The summed E-state index contributed by atoms with van der Waals surface area (Å²) in [6, 6.07) is 5.23. The summed E-state index contributed by atoms with van der Waals surface area (Å²) >= 11 is 0. The Bertz CT molecular complexity index is 586. The first-order valence-corrected chi connectivity index (χ1v) is 8.38. The molecule has 0 aliphatic carbocycles. The van der Waals surface area contributed by atoms with E-state index in [9.17, 15) is 9.18 Å². The largest absolute Gasteiger partial charge is 0.444 e. The molecule has 1 amide bonds. The molecule has 0 spiro atoms. The van der Waals surface area contributed by atoms with E-state index in [1.54, 1.807) is 11.9 Å². The zero-order chi connectivity index (χ0) is 17.9. The van der Waals surface area contributed by atoms with Crippen LogP contribution in [0.15, 0.2) is 18.2 Å². The van der Waals surface area contributed by atoms with Gasteiger partial charge in [-0.1, -0.05) is 6.07 Å². The van der Waals surface area contributed by atoms with Gasteiger partial charge in [-0.25, -0.2) is 9.18 Å². The minimum Gasteiger partial charge on any atom is -0.444 e. The summed E-state index contributed by atoms with van der Waals surface area (Å²) in [6.45, 7) is 10.1. The second-order valence-corrected chi connectivity index (χ2v) is 7.31. The Kier molecular flexibility index (Phi) is 5.70. The highest BCUT2D eigenvalue weighted by Gasteiger charge is 2.30. The van der Waals surface area contributed by atoms with E-state index >= 15 is 0 Å². The first-order chi connectivity index (χ1) is 11.2. The van der Waals surface area contributed by atoms with E-state index in [0.717, 1.165) is 5.69 Å². The highest BCUT2D eigenvalue weighted by Crippen LogP contribution is 2.20. The van der Waals surface area contributed by atoms with Crippen molar-refractivity contribution in [1.82, 2.24) is 9.80 Å². The van der Waals surface area contributed by atoms with Gasteiger partial charge in [0.15, 0.2) is 0 Å². The van der Waals surface area contributed by atoms with Crippen LogP contribution in [0.3, 0.4) is 0 Å². The van der Waals surface area contributed by atoms with Crippen LogP contribution < -0.4 is 5.32 Å². The van der Waals surface area contributed by atoms with Gasteiger partial charge < -0.3 is 15.0 Å². The number of carbonyl (C=O) groups is 1. The Morgan fingerprint density at radius 2 is 2.08 bits per heavy atom. The summed E-state index contributed by atoms with van der Waals surface area (Å²) in [4.78, 5) is 16.2. The number of hydrogen-bond donors (Lipinski definition) is 1. The van der Waals surface area contributed by atoms with Gasteiger partial charge in [0.1, 0.15) is 11.4 Å². The number of nitrogens with one attached hydrogen (secondary N) is 1. The van der Waals surface area contributed by atoms with Gasteiger partial charge in [-0.05, 0) is 39.8 Å². The third-order valence-electron chi connectivity index (χ3n) is 4.08. The molecule has 1 heterocycles. The molecule has 1 atom stereocenters. The van der Waals surface area contributed by atoms with E-state index < -0.39 is 5.60 Å². The molecule has 6 heteroatoms. The minimum absolute atomic E-state index is 0.0354. The SMILES string of the molecule is CNc1ccc(CN2CCN(C(=O)OC(C)(C)C)[C@@H](C)C2)c(F)c1. The van der Waals surface area contributed by atoms with Crippen molar-refractivity contribution >= 4 is 11.8 Å². The fourth-order valence-electron chi connectivity index (χ4n) is 2.84. The van der Waals surface area contributed by atoms with Crippen molar-refractivity contribution in [2.45, 2.75) is 45.9 Å². The summed E-state index contributed by atoms with van der Waals surface area (Å²) in [5, 5.41) is 2.93. The highest BCUT2D eigenvalue weighted by atomic mass is 19.1. The molecule has 0 saturated carbocycles. The average molecular weight is 337 g/mol. The summed E-state index contributed by atoms with van der Waals surface area (Å²) in [7, 11) is 1.77. The van der Waals surface area contributed by atoms with E-state index in [4.69, 9.17) is 4.74 Å².